The summed E-state index contributed by atoms with van der Waals surface area (Å²) in [7, 11) is 0. The topological polar surface area (TPSA) is 64.2 Å². The number of nitrogens with two attached hydrogens (primary N) is 1. The fourth-order valence-corrected chi connectivity index (χ4v) is 2.23. The zero-order valence-electron chi connectivity index (χ0n) is 10.4. The summed E-state index contributed by atoms with van der Waals surface area (Å²) in [6.07, 6.45) is 5.89. The van der Waals surface area contributed by atoms with Crippen molar-refractivity contribution in [3.05, 3.63) is 11.9 Å². The normalized spacial score (nSPS) is 16.6. The molecule has 1 aliphatic rings. The van der Waals surface area contributed by atoms with Crippen molar-refractivity contribution in [2.75, 3.05) is 25.5 Å². The van der Waals surface area contributed by atoms with Crippen LogP contribution in [-0.2, 0) is 6.54 Å². The Balaban J connectivity index is 2.11. The van der Waals surface area contributed by atoms with Crippen LogP contribution in [0.15, 0.2) is 6.20 Å². The molecule has 0 saturated carbocycles. The second kappa shape index (κ2) is 5.84. The van der Waals surface area contributed by atoms with Gasteiger partial charge in [0.25, 0.3) is 5.91 Å². The van der Waals surface area contributed by atoms with Crippen molar-refractivity contribution < 1.29 is 9.18 Å². The number of likely N-dealkylation sites (tertiary alicyclic amines) is 1. The number of carbonyl (C=O) groups is 1. The number of nitrogens with zero attached hydrogens (tertiary/aromatic N) is 3. The van der Waals surface area contributed by atoms with Crippen LogP contribution in [0.1, 0.15) is 36.2 Å². The summed E-state index contributed by atoms with van der Waals surface area (Å²) < 4.78 is 13.6. The molecule has 1 amide bonds. The number of nitrogen functional groups attached to an aromatic ring is 1. The lowest BCUT2D eigenvalue weighted by Gasteiger charge is -2.19. The fraction of sp³-hybridized carbons (Fsp3) is 0.667. The van der Waals surface area contributed by atoms with Crippen molar-refractivity contribution >= 4 is 11.6 Å². The molecule has 0 unspecified atom stereocenters. The molecule has 1 fully saturated rings. The second-order valence-electron chi connectivity index (χ2n) is 4.59. The quantitative estimate of drug-likeness (QED) is 0.888. The van der Waals surface area contributed by atoms with E-state index in [0.717, 1.165) is 38.8 Å². The van der Waals surface area contributed by atoms with Crippen LogP contribution in [0.2, 0.25) is 0 Å². The number of alkyl halides is 1. The molecule has 1 saturated heterocycles. The highest BCUT2D eigenvalue weighted by atomic mass is 19.1. The fourth-order valence-electron chi connectivity index (χ4n) is 2.23. The zero-order valence-corrected chi connectivity index (χ0v) is 10.4. The lowest BCUT2D eigenvalue weighted by atomic mass is 10.2. The zero-order chi connectivity index (χ0) is 13.0. The molecule has 1 aromatic rings. The van der Waals surface area contributed by atoms with Crippen molar-refractivity contribution in [3.63, 3.8) is 0 Å². The molecule has 5 nitrogen and oxygen atoms in total. The minimum atomic E-state index is -0.515. The number of rotatable bonds is 3. The molecular formula is C12H19FN4O. The van der Waals surface area contributed by atoms with E-state index in [1.54, 1.807) is 4.90 Å². The maximum absolute atomic E-state index is 12.3. The molecule has 100 valence electrons. The minimum Gasteiger partial charge on any atom is -0.396 e. The predicted octanol–water partition coefficient (Wildman–Crippen LogP) is 1.45. The van der Waals surface area contributed by atoms with Gasteiger partial charge in [-0.2, -0.15) is 5.10 Å². The molecule has 6 heteroatoms. The van der Waals surface area contributed by atoms with Gasteiger partial charge in [0.2, 0.25) is 0 Å². The van der Waals surface area contributed by atoms with Gasteiger partial charge in [-0.15, -0.1) is 0 Å². The highest BCUT2D eigenvalue weighted by Gasteiger charge is 2.22. The Morgan fingerprint density at radius 1 is 1.33 bits per heavy atom. The lowest BCUT2D eigenvalue weighted by molar-refractivity contribution is 0.0755. The van der Waals surface area contributed by atoms with Crippen LogP contribution in [0.25, 0.3) is 0 Å². The number of halogens is 1. The Morgan fingerprint density at radius 2 is 2.00 bits per heavy atom. The summed E-state index contributed by atoms with van der Waals surface area (Å²) in [5.41, 5.74) is 6.35. The number of aromatic nitrogens is 2. The monoisotopic (exact) mass is 254 g/mol. The molecule has 1 aromatic heterocycles. The number of amides is 1. The Bertz CT molecular complexity index is 410. The van der Waals surface area contributed by atoms with E-state index in [1.165, 1.54) is 10.9 Å². The van der Waals surface area contributed by atoms with E-state index in [9.17, 15) is 9.18 Å². The van der Waals surface area contributed by atoms with Gasteiger partial charge in [-0.3, -0.25) is 9.48 Å². The SMILES string of the molecule is Nc1cn(CCF)nc1C(=O)N1CCCCCC1. The molecule has 2 rings (SSSR count). The third-order valence-corrected chi connectivity index (χ3v) is 3.20. The van der Waals surface area contributed by atoms with Gasteiger partial charge in [0, 0.05) is 19.3 Å². The van der Waals surface area contributed by atoms with Crippen molar-refractivity contribution in [1.29, 1.82) is 0 Å². The van der Waals surface area contributed by atoms with Crippen LogP contribution in [0.5, 0.6) is 0 Å². The summed E-state index contributed by atoms with van der Waals surface area (Å²) >= 11 is 0. The summed E-state index contributed by atoms with van der Waals surface area (Å²) in [5.74, 6) is -0.132. The van der Waals surface area contributed by atoms with E-state index < -0.39 is 6.67 Å². The summed E-state index contributed by atoms with van der Waals surface area (Å²) in [6, 6.07) is 0. The molecule has 2 heterocycles. The van der Waals surface area contributed by atoms with Gasteiger partial charge >= 0.3 is 0 Å². The third-order valence-electron chi connectivity index (χ3n) is 3.20. The van der Waals surface area contributed by atoms with Crippen LogP contribution in [0, 0.1) is 0 Å². The van der Waals surface area contributed by atoms with E-state index in [4.69, 9.17) is 5.73 Å². The largest absolute Gasteiger partial charge is 0.396 e. The van der Waals surface area contributed by atoms with Crippen LogP contribution in [-0.4, -0.2) is 40.4 Å². The maximum Gasteiger partial charge on any atom is 0.276 e. The smallest absolute Gasteiger partial charge is 0.276 e. The minimum absolute atomic E-state index is 0.132. The first kappa shape index (κ1) is 12.9. The van der Waals surface area contributed by atoms with E-state index in [0.29, 0.717) is 5.69 Å². The second-order valence-corrected chi connectivity index (χ2v) is 4.59. The van der Waals surface area contributed by atoms with Crippen LogP contribution < -0.4 is 5.73 Å². The number of anilines is 1. The van der Waals surface area contributed by atoms with Gasteiger partial charge in [-0.05, 0) is 12.8 Å². The molecule has 0 bridgehead atoms. The molecule has 0 spiro atoms. The molecule has 1 aliphatic heterocycles. The molecule has 0 aliphatic carbocycles. The Kier molecular flexibility index (Phi) is 4.17. The molecule has 2 N–H and O–H groups in total. The highest BCUT2D eigenvalue weighted by molar-refractivity contribution is 5.97. The van der Waals surface area contributed by atoms with E-state index >= 15 is 0 Å². The van der Waals surface area contributed by atoms with Gasteiger partial charge in [0.05, 0.1) is 12.2 Å². The van der Waals surface area contributed by atoms with E-state index in [2.05, 4.69) is 5.10 Å². The predicted molar refractivity (Wildman–Crippen MR) is 67.0 cm³/mol. The summed E-state index contributed by atoms with van der Waals surface area (Å²) in [5, 5.41) is 4.07. The molecule has 0 radical (unpaired) electrons. The number of carbonyl (C=O) groups excluding carboxylic acids is 1. The first-order chi connectivity index (χ1) is 8.72. The summed E-state index contributed by atoms with van der Waals surface area (Å²) in [6.45, 7) is 1.14. The maximum atomic E-state index is 12.3. The summed E-state index contributed by atoms with van der Waals surface area (Å²) in [4.78, 5) is 14.1. The molecule has 0 atom stereocenters. The van der Waals surface area contributed by atoms with Crippen LogP contribution in [0.4, 0.5) is 10.1 Å². The lowest BCUT2D eigenvalue weighted by Crippen LogP contribution is -2.32. The Morgan fingerprint density at radius 3 is 2.61 bits per heavy atom. The number of hydrogen-bond acceptors (Lipinski definition) is 3. The molecular weight excluding hydrogens is 235 g/mol. The number of hydrogen-bond donors (Lipinski definition) is 1. The van der Waals surface area contributed by atoms with Crippen molar-refractivity contribution in [1.82, 2.24) is 14.7 Å². The average molecular weight is 254 g/mol. The Labute approximate surface area is 106 Å². The number of aryl methyl sites for hydroxylation is 1. The van der Waals surface area contributed by atoms with Crippen molar-refractivity contribution in [2.45, 2.75) is 32.2 Å². The van der Waals surface area contributed by atoms with Gasteiger partial charge in [0.1, 0.15) is 6.67 Å². The van der Waals surface area contributed by atoms with Gasteiger partial charge in [-0.1, -0.05) is 12.8 Å². The first-order valence-corrected chi connectivity index (χ1v) is 6.40. The third kappa shape index (κ3) is 2.80. The Hall–Kier alpha value is -1.59. The van der Waals surface area contributed by atoms with Crippen LogP contribution in [0.3, 0.4) is 0 Å². The standard InChI is InChI=1S/C12H19FN4O/c13-5-8-17-9-10(14)11(15-17)12(18)16-6-3-1-2-4-7-16/h9H,1-8,14H2. The van der Waals surface area contributed by atoms with Crippen molar-refractivity contribution in [2.24, 2.45) is 0 Å². The van der Waals surface area contributed by atoms with E-state index in [1.807, 2.05) is 0 Å². The molecule has 18 heavy (non-hydrogen) atoms. The van der Waals surface area contributed by atoms with E-state index in [-0.39, 0.29) is 18.1 Å². The van der Waals surface area contributed by atoms with Gasteiger partial charge in [0.15, 0.2) is 5.69 Å². The van der Waals surface area contributed by atoms with Crippen LogP contribution >= 0.6 is 0 Å². The first-order valence-electron chi connectivity index (χ1n) is 6.40. The highest BCUT2D eigenvalue weighted by Crippen LogP contribution is 2.16. The van der Waals surface area contributed by atoms with Crippen molar-refractivity contribution in [3.8, 4) is 0 Å². The van der Waals surface area contributed by atoms with Gasteiger partial charge in [-0.25, -0.2) is 4.39 Å². The van der Waals surface area contributed by atoms with Gasteiger partial charge < -0.3 is 10.6 Å². The molecule has 0 aromatic carbocycles. The average Bonchev–Trinajstić information content (AvgIpc) is 2.57.